The molecule has 22 heavy (non-hydrogen) atoms. The van der Waals surface area contributed by atoms with Crippen molar-refractivity contribution >= 4 is 33.8 Å². The number of hydrogen-bond acceptors (Lipinski definition) is 2. The minimum Gasteiger partial charge on any atom is -0.507 e. The number of hydrogen-bond donors (Lipinski definition) is 3. The van der Waals surface area contributed by atoms with E-state index in [0.29, 0.717) is 11.7 Å². The molecule has 0 saturated carbocycles. The molecule has 0 heterocycles. The highest BCUT2D eigenvalue weighted by molar-refractivity contribution is 7.80. The molecular formula is C18H16N2OS. The number of phenols is 1. The molecule has 0 radical (unpaired) electrons. The molecule has 3 N–H and O–H groups in total. The molecule has 0 aromatic heterocycles. The number of rotatable bonds is 3. The number of phenolic OH excluding ortho intramolecular Hbond substituents is 1. The monoisotopic (exact) mass is 308 g/mol. The summed E-state index contributed by atoms with van der Waals surface area (Å²) in [5.41, 5.74) is 2.04. The van der Waals surface area contributed by atoms with Crippen molar-refractivity contribution in [1.29, 1.82) is 0 Å². The van der Waals surface area contributed by atoms with Crippen molar-refractivity contribution in [2.45, 2.75) is 6.54 Å². The first-order valence-electron chi connectivity index (χ1n) is 7.03. The van der Waals surface area contributed by atoms with Gasteiger partial charge in [0.15, 0.2) is 5.11 Å². The quantitative estimate of drug-likeness (QED) is 0.639. The maximum Gasteiger partial charge on any atom is 0.171 e. The van der Waals surface area contributed by atoms with Crippen molar-refractivity contribution < 1.29 is 5.11 Å². The summed E-state index contributed by atoms with van der Waals surface area (Å²) >= 11 is 5.35. The van der Waals surface area contributed by atoms with Crippen molar-refractivity contribution in [3.63, 3.8) is 0 Å². The molecular weight excluding hydrogens is 292 g/mol. The summed E-state index contributed by atoms with van der Waals surface area (Å²) in [5.74, 6) is 0.268. The van der Waals surface area contributed by atoms with E-state index in [9.17, 15) is 5.11 Å². The van der Waals surface area contributed by atoms with Gasteiger partial charge in [0, 0.05) is 23.0 Å². The molecule has 0 atom stereocenters. The summed E-state index contributed by atoms with van der Waals surface area (Å²) in [7, 11) is 0. The Hall–Kier alpha value is -2.59. The fourth-order valence-electron chi connectivity index (χ4n) is 2.35. The predicted molar refractivity (Wildman–Crippen MR) is 95.1 cm³/mol. The van der Waals surface area contributed by atoms with E-state index in [1.165, 1.54) is 5.56 Å². The van der Waals surface area contributed by atoms with Crippen molar-refractivity contribution in [2.24, 2.45) is 0 Å². The van der Waals surface area contributed by atoms with E-state index >= 15 is 0 Å². The van der Waals surface area contributed by atoms with E-state index in [-0.39, 0.29) is 5.75 Å². The van der Waals surface area contributed by atoms with Crippen molar-refractivity contribution in [3.05, 3.63) is 72.3 Å². The second-order valence-electron chi connectivity index (χ2n) is 4.97. The minimum atomic E-state index is 0.268. The van der Waals surface area contributed by atoms with Crippen molar-refractivity contribution in [1.82, 2.24) is 5.32 Å². The minimum absolute atomic E-state index is 0.268. The first-order chi connectivity index (χ1) is 10.7. The number of thiocarbonyl (C=S) groups is 1. The van der Waals surface area contributed by atoms with Gasteiger partial charge in [-0.3, -0.25) is 0 Å². The first kappa shape index (κ1) is 14.4. The highest BCUT2D eigenvalue weighted by Gasteiger charge is 2.05. The molecule has 110 valence electrons. The highest BCUT2D eigenvalue weighted by Crippen LogP contribution is 2.29. The third-order valence-corrected chi connectivity index (χ3v) is 3.69. The van der Waals surface area contributed by atoms with Gasteiger partial charge in [-0.25, -0.2) is 0 Å². The van der Waals surface area contributed by atoms with Gasteiger partial charge in [0.2, 0.25) is 0 Å². The van der Waals surface area contributed by atoms with E-state index in [2.05, 4.69) is 10.6 Å². The Bertz CT molecular complexity index is 803. The van der Waals surface area contributed by atoms with Gasteiger partial charge in [-0.2, -0.15) is 0 Å². The Labute approximate surface area is 134 Å². The Kier molecular flexibility index (Phi) is 4.21. The molecule has 0 aliphatic rings. The van der Waals surface area contributed by atoms with Crippen LogP contribution in [0.2, 0.25) is 0 Å². The van der Waals surface area contributed by atoms with Gasteiger partial charge in [0.05, 0.1) is 0 Å². The van der Waals surface area contributed by atoms with Crippen molar-refractivity contribution in [2.75, 3.05) is 5.32 Å². The van der Waals surface area contributed by atoms with Gasteiger partial charge in [-0.15, -0.1) is 0 Å². The SMILES string of the molecule is Oc1cccc2c(NC(=S)NCc3ccccc3)cccc12. The average Bonchev–Trinajstić information content (AvgIpc) is 2.55. The number of benzene rings is 3. The molecule has 3 aromatic carbocycles. The molecule has 0 fully saturated rings. The lowest BCUT2D eigenvalue weighted by molar-refractivity contribution is 0.481. The number of nitrogens with one attached hydrogen (secondary N) is 2. The second-order valence-corrected chi connectivity index (χ2v) is 5.38. The maximum atomic E-state index is 9.91. The second kappa shape index (κ2) is 6.45. The van der Waals surface area contributed by atoms with Gasteiger partial charge in [-0.1, -0.05) is 54.6 Å². The van der Waals surface area contributed by atoms with Crippen LogP contribution in [-0.2, 0) is 6.54 Å². The van der Waals surface area contributed by atoms with Crippen LogP contribution >= 0.6 is 12.2 Å². The zero-order valence-electron chi connectivity index (χ0n) is 11.9. The lowest BCUT2D eigenvalue weighted by atomic mass is 10.1. The van der Waals surface area contributed by atoms with Crippen LogP contribution in [0.25, 0.3) is 10.8 Å². The number of aromatic hydroxyl groups is 1. The van der Waals surface area contributed by atoms with Gasteiger partial charge < -0.3 is 15.7 Å². The van der Waals surface area contributed by atoms with Crippen LogP contribution < -0.4 is 10.6 Å². The highest BCUT2D eigenvalue weighted by atomic mass is 32.1. The maximum absolute atomic E-state index is 9.91. The van der Waals surface area contributed by atoms with Crippen LogP contribution in [0.1, 0.15) is 5.56 Å². The Morgan fingerprint density at radius 3 is 2.41 bits per heavy atom. The fraction of sp³-hybridized carbons (Fsp3) is 0.0556. The molecule has 0 bridgehead atoms. The fourth-order valence-corrected chi connectivity index (χ4v) is 2.53. The topological polar surface area (TPSA) is 44.3 Å². The van der Waals surface area contributed by atoms with Gasteiger partial charge >= 0.3 is 0 Å². The van der Waals surface area contributed by atoms with Crippen LogP contribution in [0.3, 0.4) is 0 Å². The van der Waals surface area contributed by atoms with Crippen LogP contribution in [0, 0.1) is 0 Å². The van der Waals surface area contributed by atoms with E-state index in [1.807, 2.05) is 60.7 Å². The molecule has 0 amide bonds. The Balaban J connectivity index is 1.73. The van der Waals surface area contributed by atoms with Crippen molar-refractivity contribution in [3.8, 4) is 5.75 Å². The average molecular weight is 308 g/mol. The standard InChI is InChI=1S/C18H16N2OS/c21-17-11-5-8-14-15(17)9-4-10-16(14)20-18(22)19-12-13-6-2-1-3-7-13/h1-11,21H,12H2,(H2,19,20,22). The lowest BCUT2D eigenvalue weighted by Crippen LogP contribution is -2.27. The Morgan fingerprint density at radius 2 is 1.59 bits per heavy atom. The van der Waals surface area contributed by atoms with Crippen LogP contribution in [0.15, 0.2) is 66.7 Å². The first-order valence-corrected chi connectivity index (χ1v) is 7.44. The summed E-state index contributed by atoms with van der Waals surface area (Å²) in [6, 6.07) is 21.3. The van der Waals surface area contributed by atoms with E-state index in [4.69, 9.17) is 12.2 Å². The normalized spacial score (nSPS) is 10.4. The molecule has 3 aromatic rings. The third kappa shape index (κ3) is 3.18. The zero-order chi connectivity index (χ0) is 15.4. The smallest absolute Gasteiger partial charge is 0.171 e. The van der Waals surface area contributed by atoms with Gasteiger partial charge in [0.1, 0.15) is 5.75 Å². The molecule has 0 aliphatic heterocycles. The summed E-state index contributed by atoms with van der Waals surface area (Å²) in [5, 5.41) is 18.6. The molecule has 0 saturated heterocycles. The summed E-state index contributed by atoms with van der Waals surface area (Å²) in [4.78, 5) is 0. The summed E-state index contributed by atoms with van der Waals surface area (Å²) in [6.07, 6.45) is 0. The zero-order valence-corrected chi connectivity index (χ0v) is 12.7. The number of anilines is 1. The van der Waals surface area contributed by atoms with Crippen LogP contribution in [-0.4, -0.2) is 10.2 Å². The molecule has 0 unspecified atom stereocenters. The van der Waals surface area contributed by atoms with E-state index < -0.39 is 0 Å². The number of fused-ring (bicyclic) bond motifs is 1. The molecule has 3 rings (SSSR count). The molecule has 0 aliphatic carbocycles. The molecule has 4 heteroatoms. The van der Waals surface area contributed by atoms with E-state index in [0.717, 1.165) is 16.5 Å². The third-order valence-electron chi connectivity index (χ3n) is 3.44. The summed E-state index contributed by atoms with van der Waals surface area (Å²) < 4.78 is 0. The van der Waals surface area contributed by atoms with Gasteiger partial charge in [-0.05, 0) is 29.9 Å². The predicted octanol–water partition coefficient (Wildman–Crippen LogP) is 4.03. The molecule has 0 spiro atoms. The molecule has 3 nitrogen and oxygen atoms in total. The summed E-state index contributed by atoms with van der Waals surface area (Å²) in [6.45, 7) is 0.669. The van der Waals surface area contributed by atoms with E-state index in [1.54, 1.807) is 6.07 Å². The lowest BCUT2D eigenvalue weighted by Gasteiger charge is -2.13. The Morgan fingerprint density at radius 1 is 0.864 bits per heavy atom. The van der Waals surface area contributed by atoms with Gasteiger partial charge in [0.25, 0.3) is 0 Å². The van der Waals surface area contributed by atoms with Crippen LogP contribution in [0.4, 0.5) is 5.69 Å². The largest absolute Gasteiger partial charge is 0.507 e. The van der Waals surface area contributed by atoms with Crippen LogP contribution in [0.5, 0.6) is 5.75 Å².